The molecule has 1 heterocycles. The third kappa shape index (κ3) is 1.58. The van der Waals surface area contributed by atoms with Gasteiger partial charge >= 0.3 is 11.9 Å². The molecule has 1 fully saturated rings. The summed E-state index contributed by atoms with van der Waals surface area (Å²) in [6.45, 7) is 0. The second-order valence-electron chi connectivity index (χ2n) is 1.91. The Balaban J connectivity index is 2.66. The predicted octanol–water partition coefficient (Wildman–Crippen LogP) is 0.987. The van der Waals surface area contributed by atoms with Crippen molar-refractivity contribution in [3.8, 4) is 0 Å². The number of carbonyl (C=O) groups is 2. The second-order valence-corrected chi connectivity index (χ2v) is 4.08. The van der Waals surface area contributed by atoms with Crippen LogP contribution in [-0.4, -0.2) is 21.6 Å². The van der Waals surface area contributed by atoms with E-state index in [1.165, 1.54) is 0 Å². The largest absolute Gasteiger partial charge is 0.392 e. The molecule has 1 rings (SSSR count). The molecule has 10 heavy (non-hydrogen) atoms. The van der Waals surface area contributed by atoms with Gasteiger partial charge in [-0.05, 0) is 0 Å². The summed E-state index contributed by atoms with van der Waals surface area (Å²) in [5.41, 5.74) is 0. The number of alkyl halides is 2. The van der Waals surface area contributed by atoms with Crippen LogP contribution >= 0.6 is 31.9 Å². The van der Waals surface area contributed by atoms with Crippen molar-refractivity contribution >= 4 is 43.8 Å². The average molecular weight is 272 g/mol. The molecule has 1 saturated heterocycles. The fourth-order valence-electron chi connectivity index (χ4n) is 0.621. The number of rotatable bonds is 0. The van der Waals surface area contributed by atoms with Gasteiger partial charge in [0.1, 0.15) is 4.83 Å². The fraction of sp³-hybridized carbons (Fsp3) is 0.600. The van der Waals surface area contributed by atoms with Gasteiger partial charge in [0.05, 0.1) is 6.42 Å². The smallest absolute Gasteiger partial charge is 0.328 e. The summed E-state index contributed by atoms with van der Waals surface area (Å²) in [5.74, 6) is -0.985. The second kappa shape index (κ2) is 3.00. The number of hydrogen-bond acceptors (Lipinski definition) is 3. The van der Waals surface area contributed by atoms with E-state index in [0.717, 1.165) is 0 Å². The Morgan fingerprint density at radius 3 is 2.50 bits per heavy atom. The van der Waals surface area contributed by atoms with Crippen molar-refractivity contribution in [3.05, 3.63) is 0 Å². The van der Waals surface area contributed by atoms with E-state index in [-0.39, 0.29) is 11.2 Å². The Labute approximate surface area is 74.4 Å². The third-order valence-corrected chi connectivity index (χ3v) is 3.69. The zero-order valence-corrected chi connectivity index (χ0v) is 8.01. The van der Waals surface area contributed by atoms with Crippen LogP contribution in [0.25, 0.3) is 0 Å². The maximum Gasteiger partial charge on any atom is 0.328 e. The minimum Gasteiger partial charge on any atom is -0.392 e. The highest BCUT2D eigenvalue weighted by Crippen LogP contribution is 2.23. The molecule has 56 valence electrons. The summed E-state index contributed by atoms with van der Waals surface area (Å²) >= 11 is 6.24. The van der Waals surface area contributed by atoms with Crippen LogP contribution < -0.4 is 0 Å². The third-order valence-electron chi connectivity index (χ3n) is 1.12. The normalized spacial score (nSPS) is 33.8. The lowest BCUT2D eigenvalue weighted by Gasteiger charge is -2.19. The highest BCUT2D eigenvalue weighted by Gasteiger charge is 2.34. The molecule has 0 N–H and O–H groups in total. The van der Waals surface area contributed by atoms with Gasteiger partial charge in [-0.15, -0.1) is 0 Å². The SMILES string of the molecule is O=C1CC(Br)C(Br)C(=O)O1. The summed E-state index contributed by atoms with van der Waals surface area (Å²) in [7, 11) is 0. The molecular formula is C5H4Br2O3. The number of carbonyl (C=O) groups excluding carboxylic acids is 2. The zero-order chi connectivity index (χ0) is 7.72. The Morgan fingerprint density at radius 2 is 2.00 bits per heavy atom. The van der Waals surface area contributed by atoms with Crippen LogP contribution in [0.4, 0.5) is 0 Å². The van der Waals surface area contributed by atoms with E-state index < -0.39 is 16.8 Å². The lowest BCUT2D eigenvalue weighted by molar-refractivity contribution is -0.161. The predicted molar refractivity (Wildman–Crippen MR) is 41.1 cm³/mol. The molecule has 0 radical (unpaired) electrons. The Hall–Kier alpha value is 0.1000. The van der Waals surface area contributed by atoms with Crippen LogP contribution in [0.2, 0.25) is 0 Å². The van der Waals surface area contributed by atoms with E-state index >= 15 is 0 Å². The lowest BCUT2D eigenvalue weighted by Crippen LogP contribution is -2.36. The standard InChI is InChI=1S/C5H4Br2O3/c6-2-1-3(8)10-5(9)4(2)7/h2,4H,1H2. The van der Waals surface area contributed by atoms with Gasteiger partial charge in [0.25, 0.3) is 0 Å². The molecule has 5 heteroatoms. The Kier molecular flexibility index (Phi) is 2.46. The highest BCUT2D eigenvalue weighted by molar-refractivity contribution is 9.12. The molecule has 0 amide bonds. The van der Waals surface area contributed by atoms with Gasteiger partial charge in [-0.1, -0.05) is 31.9 Å². The molecule has 0 aromatic rings. The van der Waals surface area contributed by atoms with E-state index in [1.54, 1.807) is 0 Å². The minimum atomic E-state index is -0.516. The van der Waals surface area contributed by atoms with Gasteiger partial charge < -0.3 is 4.74 Å². The quantitative estimate of drug-likeness (QED) is 0.375. The maximum absolute atomic E-state index is 10.7. The van der Waals surface area contributed by atoms with Crippen molar-refractivity contribution < 1.29 is 14.3 Å². The van der Waals surface area contributed by atoms with Crippen molar-refractivity contribution in [2.24, 2.45) is 0 Å². The first-order valence-corrected chi connectivity index (χ1v) is 4.47. The molecule has 3 nitrogen and oxygen atoms in total. The van der Waals surface area contributed by atoms with Crippen molar-refractivity contribution in [2.45, 2.75) is 16.1 Å². The molecule has 0 bridgehead atoms. The Morgan fingerprint density at radius 1 is 1.40 bits per heavy atom. The number of halogens is 2. The van der Waals surface area contributed by atoms with Crippen LogP contribution in [0.1, 0.15) is 6.42 Å². The minimum absolute atomic E-state index is 0.138. The lowest BCUT2D eigenvalue weighted by atomic mass is 10.2. The average Bonchev–Trinajstić information content (AvgIpc) is 1.82. The van der Waals surface area contributed by atoms with E-state index in [1.807, 2.05) is 0 Å². The summed E-state index contributed by atoms with van der Waals surface area (Å²) in [6, 6.07) is 0. The molecule has 2 atom stereocenters. The van der Waals surface area contributed by atoms with Gasteiger partial charge in [0, 0.05) is 4.83 Å². The summed E-state index contributed by atoms with van der Waals surface area (Å²) in [5, 5.41) is 0. The number of ether oxygens (including phenoxy) is 1. The number of cyclic esters (lactones) is 2. The van der Waals surface area contributed by atoms with Gasteiger partial charge in [0.15, 0.2) is 0 Å². The van der Waals surface area contributed by atoms with Crippen molar-refractivity contribution in [2.75, 3.05) is 0 Å². The van der Waals surface area contributed by atoms with Crippen LogP contribution in [0, 0.1) is 0 Å². The van der Waals surface area contributed by atoms with Crippen LogP contribution in [0.5, 0.6) is 0 Å². The monoisotopic (exact) mass is 270 g/mol. The first-order valence-electron chi connectivity index (χ1n) is 2.64. The van der Waals surface area contributed by atoms with Gasteiger partial charge in [-0.2, -0.15) is 0 Å². The van der Waals surface area contributed by atoms with E-state index in [2.05, 4.69) is 36.6 Å². The summed E-state index contributed by atoms with van der Waals surface area (Å²) in [4.78, 5) is 20.7. The zero-order valence-electron chi connectivity index (χ0n) is 4.84. The first-order chi connectivity index (χ1) is 4.61. The number of hydrogen-bond donors (Lipinski definition) is 0. The number of esters is 2. The molecule has 0 aromatic carbocycles. The molecule has 1 aliphatic rings. The van der Waals surface area contributed by atoms with Crippen molar-refractivity contribution in [1.82, 2.24) is 0 Å². The van der Waals surface area contributed by atoms with Crippen LogP contribution in [0.15, 0.2) is 0 Å². The molecular weight excluding hydrogens is 268 g/mol. The topological polar surface area (TPSA) is 43.4 Å². The van der Waals surface area contributed by atoms with E-state index in [4.69, 9.17) is 0 Å². The van der Waals surface area contributed by atoms with Gasteiger partial charge in [0.2, 0.25) is 0 Å². The van der Waals surface area contributed by atoms with Gasteiger partial charge in [-0.25, -0.2) is 0 Å². The van der Waals surface area contributed by atoms with Crippen molar-refractivity contribution in [3.63, 3.8) is 0 Å². The molecule has 2 unspecified atom stereocenters. The molecule has 0 spiro atoms. The van der Waals surface area contributed by atoms with E-state index in [9.17, 15) is 9.59 Å². The van der Waals surface area contributed by atoms with Crippen LogP contribution in [0.3, 0.4) is 0 Å². The molecule has 0 aromatic heterocycles. The van der Waals surface area contributed by atoms with Crippen molar-refractivity contribution in [1.29, 1.82) is 0 Å². The summed E-state index contributed by atoms with van der Waals surface area (Å²) < 4.78 is 4.31. The Bertz CT molecular complexity index is 180. The highest BCUT2D eigenvalue weighted by atomic mass is 79.9. The van der Waals surface area contributed by atoms with Crippen LogP contribution in [-0.2, 0) is 14.3 Å². The summed E-state index contributed by atoms with van der Waals surface area (Å²) in [6.07, 6.45) is 0.238. The van der Waals surface area contributed by atoms with Gasteiger partial charge in [-0.3, -0.25) is 9.59 Å². The fourth-order valence-corrected chi connectivity index (χ4v) is 1.38. The molecule has 0 saturated carbocycles. The molecule has 0 aliphatic carbocycles. The van der Waals surface area contributed by atoms with E-state index in [0.29, 0.717) is 0 Å². The first kappa shape index (κ1) is 8.20. The maximum atomic E-state index is 10.7. The molecule has 1 aliphatic heterocycles.